The summed E-state index contributed by atoms with van der Waals surface area (Å²) in [6, 6.07) is 26.0. The SMILES string of the molecule is N#Cc1cc(-n2c3ccccc3c3ccc(-c4cc(C(F)(F)F)cc(C(F)(F)F)c4)cc32)c(-c2cc(C(F)(F)F)cc(C(F)(F)F)c2)cc1-n1c2ccccc2c2ccc(-c3cc(C(F)(F)F)cc(C(F)(F)F)c3)cc21. The summed E-state index contributed by atoms with van der Waals surface area (Å²) in [5.41, 5.74) is -13.9. The van der Waals surface area contributed by atoms with Crippen LogP contribution in [0.4, 0.5) is 79.0 Å². The second-order valence-electron chi connectivity index (χ2n) is 17.6. The number of halogens is 18. The van der Waals surface area contributed by atoms with Crippen molar-refractivity contribution < 1.29 is 79.0 Å². The van der Waals surface area contributed by atoms with Gasteiger partial charge >= 0.3 is 37.1 Å². The number of hydrogen-bond acceptors (Lipinski definition) is 1. The summed E-state index contributed by atoms with van der Waals surface area (Å²) in [5, 5.41) is 12.2. The van der Waals surface area contributed by atoms with Crippen LogP contribution in [-0.2, 0) is 37.1 Å². The van der Waals surface area contributed by atoms with E-state index in [0.717, 1.165) is 18.2 Å². The van der Waals surface area contributed by atoms with Crippen LogP contribution in [0.1, 0.15) is 38.9 Å². The smallest absolute Gasteiger partial charge is 0.309 e. The third-order valence-electron chi connectivity index (χ3n) is 12.8. The van der Waals surface area contributed by atoms with E-state index < -0.39 is 92.7 Å². The first-order valence-electron chi connectivity index (χ1n) is 21.9. The third-order valence-corrected chi connectivity index (χ3v) is 12.8. The summed E-state index contributed by atoms with van der Waals surface area (Å²) < 4.78 is 260. The van der Waals surface area contributed by atoms with Crippen molar-refractivity contribution in [1.82, 2.24) is 9.13 Å². The summed E-state index contributed by atoms with van der Waals surface area (Å²) in [7, 11) is 0. The first-order valence-corrected chi connectivity index (χ1v) is 21.9. The van der Waals surface area contributed by atoms with Crippen molar-refractivity contribution >= 4 is 43.6 Å². The minimum absolute atomic E-state index is 0.0132. The van der Waals surface area contributed by atoms with Crippen LogP contribution in [0.25, 0.3) is 88.4 Å². The second kappa shape index (κ2) is 17.3. The molecule has 0 saturated carbocycles. The lowest BCUT2D eigenvalue weighted by molar-refractivity contribution is -0.144. The van der Waals surface area contributed by atoms with Gasteiger partial charge in [-0.3, -0.25) is 0 Å². The molecule has 0 amide bonds. The van der Waals surface area contributed by atoms with E-state index in [1.165, 1.54) is 75.9 Å². The molecule has 2 aromatic heterocycles. The van der Waals surface area contributed by atoms with Gasteiger partial charge in [0, 0.05) is 27.1 Å². The maximum atomic E-state index is 14.7. The van der Waals surface area contributed by atoms with Gasteiger partial charge in [0.25, 0.3) is 0 Å². The lowest BCUT2D eigenvalue weighted by Crippen LogP contribution is -2.11. The summed E-state index contributed by atoms with van der Waals surface area (Å²) >= 11 is 0. The second-order valence-corrected chi connectivity index (χ2v) is 17.6. The van der Waals surface area contributed by atoms with Gasteiger partial charge in [-0.1, -0.05) is 60.7 Å². The minimum Gasteiger partial charge on any atom is -0.309 e. The van der Waals surface area contributed by atoms with Gasteiger partial charge in [-0.05, 0) is 119 Å². The molecule has 0 saturated heterocycles. The number of rotatable bonds is 5. The van der Waals surface area contributed by atoms with Crippen molar-refractivity contribution in [3.05, 3.63) is 191 Å². The average molecular weight is 1070 g/mol. The van der Waals surface area contributed by atoms with Gasteiger partial charge < -0.3 is 9.13 Å². The number of nitrogens with zero attached hydrogens (tertiary/aromatic N) is 3. The molecule has 76 heavy (non-hydrogen) atoms. The Labute approximate surface area is 414 Å². The van der Waals surface area contributed by atoms with Crippen LogP contribution in [0.2, 0.25) is 0 Å². The first kappa shape index (κ1) is 51.1. The molecule has 0 fully saturated rings. The Bertz CT molecular complexity index is 3940. The average Bonchev–Trinajstić information content (AvgIpc) is 3.88. The first-order chi connectivity index (χ1) is 35.4. The number of hydrogen-bond donors (Lipinski definition) is 0. The van der Waals surface area contributed by atoms with Crippen LogP contribution in [0, 0.1) is 11.3 Å². The highest BCUT2D eigenvalue weighted by atomic mass is 19.4. The summed E-state index contributed by atoms with van der Waals surface area (Å²) in [4.78, 5) is 0. The Balaban J connectivity index is 1.33. The molecule has 3 nitrogen and oxygen atoms in total. The topological polar surface area (TPSA) is 33.6 Å². The lowest BCUT2D eigenvalue weighted by atomic mass is 9.95. The van der Waals surface area contributed by atoms with Crippen molar-refractivity contribution in [3.8, 4) is 50.8 Å². The minimum atomic E-state index is -5.42. The zero-order valence-electron chi connectivity index (χ0n) is 37.6. The van der Waals surface area contributed by atoms with Crippen LogP contribution in [0.15, 0.2) is 152 Å². The van der Waals surface area contributed by atoms with Gasteiger partial charge in [0.1, 0.15) is 6.07 Å². The van der Waals surface area contributed by atoms with Crippen molar-refractivity contribution in [2.75, 3.05) is 0 Å². The zero-order chi connectivity index (χ0) is 54.8. The van der Waals surface area contributed by atoms with E-state index in [4.69, 9.17) is 0 Å². The maximum Gasteiger partial charge on any atom is 0.416 e. The summed E-state index contributed by atoms with van der Waals surface area (Å²) in [6.45, 7) is 0. The molecule has 0 unspecified atom stereocenters. The van der Waals surface area contributed by atoms with E-state index in [-0.39, 0.29) is 79.1 Å². The fraction of sp³-hybridized carbons (Fsp3) is 0.109. The van der Waals surface area contributed by atoms with E-state index in [0.29, 0.717) is 47.2 Å². The van der Waals surface area contributed by atoms with Gasteiger partial charge in [0.05, 0.1) is 72.4 Å². The molecule has 0 N–H and O–H groups in total. The molecule has 0 radical (unpaired) electrons. The predicted molar refractivity (Wildman–Crippen MR) is 246 cm³/mol. The van der Waals surface area contributed by atoms with Gasteiger partial charge in [-0.25, -0.2) is 0 Å². The Hall–Kier alpha value is -8.41. The number of aromatic nitrogens is 2. The molecule has 0 aliphatic rings. The highest BCUT2D eigenvalue weighted by Gasteiger charge is 2.40. The number of para-hydroxylation sites is 2. The van der Waals surface area contributed by atoms with Crippen LogP contribution < -0.4 is 0 Å². The quantitative estimate of drug-likeness (QED) is 0.158. The van der Waals surface area contributed by atoms with E-state index in [9.17, 15) is 84.3 Å². The number of alkyl halides is 18. The molecule has 0 aliphatic carbocycles. The molecule has 0 atom stereocenters. The maximum absolute atomic E-state index is 14.7. The van der Waals surface area contributed by atoms with Crippen molar-refractivity contribution in [2.45, 2.75) is 37.1 Å². The Morgan fingerprint density at radius 2 is 0.605 bits per heavy atom. The number of benzene rings is 8. The Morgan fingerprint density at radius 1 is 0.289 bits per heavy atom. The molecular formula is C55H25F18N3. The van der Waals surface area contributed by atoms with Crippen molar-refractivity contribution in [1.29, 1.82) is 5.26 Å². The summed E-state index contributed by atoms with van der Waals surface area (Å²) in [5.74, 6) is 0. The van der Waals surface area contributed by atoms with E-state index in [2.05, 4.69) is 0 Å². The molecule has 2 heterocycles. The largest absolute Gasteiger partial charge is 0.416 e. The highest BCUT2D eigenvalue weighted by molar-refractivity contribution is 6.12. The molecule has 10 rings (SSSR count). The lowest BCUT2D eigenvalue weighted by Gasteiger charge is -2.21. The van der Waals surface area contributed by atoms with Crippen LogP contribution in [0.5, 0.6) is 0 Å². The Morgan fingerprint density at radius 3 is 0.947 bits per heavy atom. The van der Waals surface area contributed by atoms with Crippen LogP contribution in [-0.4, -0.2) is 9.13 Å². The highest BCUT2D eigenvalue weighted by Crippen LogP contribution is 2.47. The zero-order valence-corrected chi connectivity index (χ0v) is 37.6. The molecule has 8 aromatic carbocycles. The van der Waals surface area contributed by atoms with Crippen molar-refractivity contribution in [3.63, 3.8) is 0 Å². The van der Waals surface area contributed by atoms with Crippen LogP contribution >= 0.6 is 0 Å². The molecule has 21 heteroatoms. The predicted octanol–water partition coefficient (Wildman–Crippen LogP) is 18.9. The normalized spacial score (nSPS) is 13.1. The molecule has 0 aliphatic heterocycles. The molecule has 0 bridgehead atoms. The monoisotopic (exact) mass is 1070 g/mol. The van der Waals surface area contributed by atoms with E-state index in [1.54, 1.807) is 12.1 Å². The fourth-order valence-corrected chi connectivity index (χ4v) is 9.44. The van der Waals surface area contributed by atoms with Gasteiger partial charge in [-0.2, -0.15) is 84.3 Å². The van der Waals surface area contributed by atoms with E-state index >= 15 is 0 Å². The Kier molecular flexibility index (Phi) is 11.6. The summed E-state index contributed by atoms with van der Waals surface area (Å²) in [6.07, 6.45) is -31.9. The molecular weight excluding hydrogens is 1040 g/mol. The van der Waals surface area contributed by atoms with E-state index in [1.807, 2.05) is 6.07 Å². The fourth-order valence-electron chi connectivity index (χ4n) is 9.44. The molecule has 0 spiro atoms. The van der Waals surface area contributed by atoms with Gasteiger partial charge in [-0.15, -0.1) is 0 Å². The number of fused-ring (bicyclic) bond motifs is 6. The molecule has 386 valence electrons. The molecule has 10 aromatic rings. The van der Waals surface area contributed by atoms with Crippen LogP contribution in [0.3, 0.4) is 0 Å². The van der Waals surface area contributed by atoms with Gasteiger partial charge in [0.15, 0.2) is 0 Å². The number of nitriles is 1. The third kappa shape index (κ3) is 9.08. The standard InChI is InChI=1S/C55H25F18N3/c56-50(57,58)33-13-29(14-34(22-33)51(59,60)61)27-9-11-41-39-5-1-3-7-44(39)75(47(41)19-27)46-25-43(31-17-37(54(68,69)70)24-38(18-31)55(71,72)73)49(21-32(46)26-74)76-45-8-4-2-6-40(45)42-12-10-28(20-48(42)76)30-15-35(52(62,63)64)23-36(16-30)53(65,66)67/h1-25H. The van der Waals surface area contributed by atoms with Crippen molar-refractivity contribution in [2.24, 2.45) is 0 Å². The van der Waals surface area contributed by atoms with Gasteiger partial charge in [0.2, 0.25) is 0 Å².